The Morgan fingerprint density at radius 3 is 1.82 bits per heavy atom. The zero-order valence-electron chi connectivity index (χ0n) is 17.7. The maximum atomic E-state index is 13.5. The van der Waals surface area contributed by atoms with Crippen LogP contribution in [0.5, 0.6) is 0 Å². The van der Waals surface area contributed by atoms with Gasteiger partial charge < -0.3 is 10.2 Å². The van der Waals surface area contributed by atoms with Crippen LogP contribution in [0.25, 0.3) is 5.57 Å². The van der Waals surface area contributed by atoms with E-state index < -0.39 is 23.4 Å². The monoisotopic (exact) mass is 445 g/mol. The third-order valence-electron chi connectivity index (χ3n) is 5.91. The van der Waals surface area contributed by atoms with E-state index in [0.29, 0.717) is 11.3 Å². The number of hydrogen-bond donors (Lipinski definition) is 1. The number of amides is 2. The van der Waals surface area contributed by atoms with Crippen molar-refractivity contribution >= 4 is 34.4 Å². The minimum atomic E-state index is -0.561. The molecule has 0 aliphatic carbocycles. The van der Waals surface area contributed by atoms with Gasteiger partial charge in [-0.1, -0.05) is 12.1 Å². The smallest absolute Gasteiger partial charge is 0.282 e. The van der Waals surface area contributed by atoms with Gasteiger partial charge in [0, 0.05) is 24.5 Å². The Morgan fingerprint density at radius 2 is 1.21 bits per heavy atom. The molecule has 1 saturated heterocycles. The molecule has 0 aromatic heterocycles. The van der Waals surface area contributed by atoms with E-state index in [-0.39, 0.29) is 17.0 Å². The zero-order chi connectivity index (χ0) is 22.9. The van der Waals surface area contributed by atoms with E-state index in [9.17, 15) is 18.4 Å². The van der Waals surface area contributed by atoms with Crippen molar-refractivity contribution in [2.75, 3.05) is 28.2 Å². The fraction of sp³-hybridized carbons (Fsp3) is 0.154. The Balaban J connectivity index is 1.51. The highest BCUT2D eigenvalue weighted by atomic mass is 19.1. The Hall–Kier alpha value is -4.00. The Morgan fingerprint density at radius 1 is 0.667 bits per heavy atom. The minimum absolute atomic E-state index is 0.0878. The van der Waals surface area contributed by atoms with Gasteiger partial charge in [-0.15, -0.1) is 0 Å². The fourth-order valence-electron chi connectivity index (χ4n) is 4.23. The normalized spacial score (nSPS) is 16.2. The van der Waals surface area contributed by atoms with Gasteiger partial charge in [0.1, 0.15) is 17.3 Å². The first kappa shape index (κ1) is 20.9. The lowest BCUT2D eigenvalue weighted by atomic mass is 10.0. The molecule has 2 heterocycles. The van der Waals surface area contributed by atoms with E-state index in [0.717, 1.165) is 23.7 Å². The molecule has 0 atom stereocenters. The van der Waals surface area contributed by atoms with Crippen molar-refractivity contribution in [2.45, 2.75) is 12.8 Å². The van der Waals surface area contributed by atoms with Crippen molar-refractivity contribution < 1.29 is 18.4 Å². The topological polar surface area (TPSA) is 52.7 Å². The van der Waals surface area contributed by atoms with Gasteiger partial charge in [-0.2, -0.15) is 0 Å². The van der Waals surface area contributed by atoms with Crippen molar-refractivity contribution in [1.82, 2.24) is 0 Å². The van der Waals surface area contributed by atoms with E-state index in [4.69, 9.17) is 0 Å². The molecule has 2 aliphatic rings. The number of benzene rings is 3. The molecule has 2 amide bonds. The largest absolute Gasteiger partial charge is 0.372 e. The number of carbonyl (C=O) groups is 2. The van der Waals surface area contributed by atoms with E-state index in [1.807, 2.05) is 24.3 Å². The van der Waals surface area contributed by atoms with Gasteiger partial charge in [-0.25, -0.2) is 13.7 Å². The van der Waals surface area contributed by atoms with Gasteiger partial charge in [-0.3, -0.25) is 9.59 Å². The second-order valence-corrected chi connectivity index (χ2v) is 8.05. The molecule has 7 heteroatoms. The van der Waals surface area contributed by atoms with Crippen LogP contribution in [0.2, 0.25) is 0 Å². The van der Waals surface area contributed by atoms with Gasteiger partial charge in [0.25, 0.3) is 11.8 Å². The lowest BCUT2D eigenvalue weighted by Gasteiger charge is -2.18. The van der Waals surface area contributed by atoms with Gasteiger partial charge in [0.05, 0.1) is 11.3 Å². The molecule has 5 nitrogen and oxygen atoms in total. The van der Waals surface area contributed by atoms with Crippen molar-refractivity contribution in [3.05, 3.63) is 95.7 Å². The molecular formula is C26H21F2N3O2. The lowest BCUT2D eigenvalue weighted by Crippen LogP contribution is -2.32. The second-order valence-electron chi connectivity index (χ2n) is 8.05. The molecule has 1 N–H and O–H groups in total. The van der Waals surface area contributed by atoms with Gasteiger partial charge >= 0.3 is 0 Å². The number of anilines is 3. The van der Waals surface area contributed by atoms with E-state index in [2.05, 4.69) is 10.2 Å². The predicted octanol–water partition coefficient (Wildman–Crippen LogP) is 4.96. The minimum Gasteiger partial charge on any atom is -0.372 e. The first-order chi connectivity index (χ1) is 16.0. The standard InChI is InChI=1S/C26H21F2N3O2/c27-18-5-3-17(4-6-18)23-24(26(33)31(25(23)32)22-11-7-19(28)8-12-22)29-20-9-13-21(14-10-20)30-15-1-2-16-30/h3-14,29H,1-2,15-16H2. The van der Waals surface area contributed by atoms with Gasteiger partial charge in [0.2, 0.25) is 0 Å². The van der Waals surface area contributed by atoms with Crippen molar-refractivity contribution in [1.29, 1.82) is 0 Å². The molecule has 33 heavy (non-hydrogen) atoms. The van der Waals surface area contributed by atoms with Crippen LogP contribution in [0.3, 0.4) is 0 Å². The van der Waals surface area contributed by atoms with Gasteiger partial charge in [-0.05, 0) is 79.1 Å². The quantitative estimate of drug-likeness (QED) is 0.564. The Bertz CT molecular complexity index is 1230. The highest BCUT2D eigenvalue weighted by Gasteiger charge is 2.40. The SMILES string of the molecule is O=C1C(Nc2ccc(N3CCCC3)cc2)=C(c2ccc(F)cc2)C(=O)N1c1ccc(F)cc1. The molecule has 0 radical (unpaired) electrons. The average Bonchev–Trinajstić information content (AvgIpc) is 3.44. The summed E-state index contributed by atoms with van der Waals surface area (Å²) in [5.41, 5.74) is 2.64. The van der Waals surface area contributed by atoms with Crippen LogP contribution in [0.4, 0.5) is 25.8 Å². The predicted molar refractivity (Wildman–Crippen MR) is 124 cm³/mol. The highest BCUT2D eigenvalue weighted by Crippen LogP contribution is 2.34. The first-order valence-electron chi connectivity index (χ1n) is 10.8. The second kappa shape index (κ2) is 8.50. The lowest BCUT2D eigenvalue weighted by molar-refractivity contribution is -0.120. The van der Waals surface area contributed by atoms with Crippen LogP contribution in [0, 0.1) is 11.6 Å². The molecule has 166 valence electrons. The summed E-state index contributed by atoms with van der Waals surface area (Å²) in [4.78, 5) is 30.0. The third kappa shape index (κ3) is 3.98. The summed E-state index contributed by atoms with van der Waals surface area (Å²) in [5, 5.41) is 3.09. The number of halogens is 2. The fourth-order valence-corrected chi connectivity index (χ4v) is 4.23. The number of rotatable bonds is 5. The number of nitrogens with one attached hydrogen (secondary N) is 1. The Labute approximate surface area is 189 Å². The number of hydrogen-bond acceptors (Lipinski definition) is 4. The summed E-state index contributed by atoms with van der Waals surface area (Å²) < 4.78 is 26.9. The molecule has 0 saturated carbocycles. The molecule has 0 unspecified atom stereocenters. The summed E-state index contributed by atoms with van der Waals surface area (Å²) >= 11 is 0. The summed E-state index contributed by atoms with van der Waals surface area (Å²) in [6.07, 6.45) is 2.34. The summed E-state index contributed by atoms with van der Waals surface area (Å²) in [5.74, 6) is -2.04. The summed E-state index contributed by atoms with van der Waals surface area (Å²) in [7, 11) is 0. The van der Waals surface area contributed by atoms with Crippen molar-refractivity contribution in [2.24, 2.45) is 0 Å². The number of carbonyl (C=O) groups excluding carboxylic acids is 2. The highest BCUT2D eigenvalue weighted by molar-refractivity contribution is 6.46. The maximum absolute atomic E-state index is 13.5. The van der Waals surface area contributed by atoms with Crippen molar-refractivity contribution in [3.63, 3.8) is 0 Å². The van der Waals surface area contributed by atoms with Crippen LogP contribution in [-0.2, 0) is 9.59 Å². The molecule has 3 aromatic carbocycles. The number of imide groups is 1. The first-order valence-corrected chi connectivity index (χ1v) is 10.8. The summed E-state index contributed by atoms with van der Waals surface area (Å²) in [6.45, 7) is 2.04. The molecule has 3 aromatic rings. The molecule has 0 bridgehead atoms. The van der Waals surface area contributed by atoms with E-state index in [1.165, 1.54) is 61.4 Å². The van der Waals surface area contributed by atoms with Crippen LogP contribution in [-0.4, -0.2) is 24.9 Å². The van der Waals surface area contributed by atoms with Gasteiger partial charge in [0.15, 0.2) is 0 Å². The zero-order valence-corrected chi connectivity index (χ0v) is 17.7. The van der Waals surface area contributed by atoms with Crippen molar-refractivity contribution in [3.8, 4) is 0 Å². The molecule has 0 spiro atoms. The van der Waals surface area contributed by atoms with E-state index in [1.54, 1.807) is 0 Å². The molecular weight excluding hydrogens is 424 g/mol. The Kier molecular flexibility index (Phi) is 5.38. The van der Waals surface area contributed by atoms with Crippen LogP contribution >= 0.6 is 0 Å². The maximum Gasteiger partial charge on any atom is 0.282 e. The third-order valence-corrected chi connectivity index (χ3v) is 5.91. The van der Waals surface area contributed by atoms with Crippen LogP contribution in [0.15, 0.2) is 78.5 Å². The number of nitrogens with zero attached hydrogens (tertiary/aromatic N) is 2. The molecule has 5 rings (SSSR count). The van der Waals surface area contributed by atoms with Crippen LogP contribution in [0.1, 0.15) is 18.4 Å². The molecule has 2 aliphatic heterocycles. The van der Waals surface area contributed by atoms with E-state index >= 15 is 0 Å². The average molecular weight is 445 g/mol. The molecule has 1 fully saturated rings. The summed E-state index contributed by atoms with van der Waals surface area (Å²) in [6, 6.07) is 18.2. The van der Waals surface area contributed by atoms with Crippen LogP contribution < -0.4 is 15.1 Å².